The number of rotatable bonds is 2. The van der Waals surface area contributed by atoms with Crippen molar-refractivity contribution in [1.82, 2.24) is 5.32 Å². The fourth-order valence-corrected chi connectivity index (χ4v) is 3.09. The molecule has 0 aromatic carbocycles. The summed E-state index contributed by atoms with van der Waals surface area (Å²) in [6.07, 6.45) is 10.4. The van der Waals surface area contributed by atoms with Crippen LogP contribution in [0.5, 0.6) is 0 Å². The lowest BCUT2D eigenvalue weighted by atomic mass is 10.0. The lowest BCUT2D eigenvalue weighted by Gasteiger charge is -2.05. The quantitative estimate of drug-likeness (QED) is 0.665. The average molecular weight is 193 g/mol. The summed E-state index contributed by atoms with van der Waals surface area (Å²) in [6, 6.07) is 0. The minimum absolute atomic E-state index is 0.810. The topological polar surface area (TPSA) is 12.0 Å². The average Bonchev–Trinajstić information content (AvgIpc) is 2.80. The van der Waals surface area contributed by atoms with Crippen LogP contribution < -0.4 is 5.32 Å². The fraction of sp³-hybridized carbons (Fsp3) is 0.846. The smallest absolute Gasteiger partial charge is 0.00180 e. The first-order chi connectivity index (χ1) is 6.83. The Balaban J connectivity index is 1.87. The third kappa shape index (κ3) is 2.20. The first-order valence-electron chi connectivity index (χ1n) is 6.14. The van der Waals surface area contributed by atoms with Gasteiger partial charge in [-0.25, -0.2) is 0 Å². The Hall–Kier alpha value is -0.300. The van der Waals surface area contributed by atoms with Gasteiger partial charge in [-0.05, 0) is 62.9 Å². The summed E-state index contributed by atoms with van der Waals surface area (Å²) >= 11 is 0. The number of nitrogens with one attached hydrogen (secondary N) is 1. The molecule has 0 aromatic rings. The molecule has 2 aliphatic rings. The summed E-state index contributed by atoms with van der Waals surface area (Å²) in [6.45, 7) is 3.60. The minimum atomic E-state index is 0.810. The van der Waals surface area contributed by atoms with E-state index in [-0.39, 0.29) is 0 Å². The number of allylic oxidation sites excluding steroid dienone is 2. The monoisotopic (exact) mass is 193 g/mol. The molecule has 1 saturated carbocycles. The van der Waals surface area contributed by atoms with Crippen LogP contribution in [0.2, 0.25) is 0 Å². The Kier molecular flexibility index (Phi) is 3.27. The molecule has 2 unspecified atom stereocenters. The highest BCUT2D eigenvalue weighted by Crippen LogP contribution is 2.52. The van der Waals surface area contributed by atoms with E-state index >= 15 is 0 Å². The van der Waals surface area contributed by atoms with Gasteiger partial charge in [-0.1, -0.05) is 19.1 Å². The molecule has 1 heteroatoms. The van der Waals surface area contributed by atoms with Crippen LogP contribution >= 0.6 is 0 Å². The second-order valence-electron chi connectivity index (χ2n) is 5.11. The standard InChI is InChI=1S/C13H23N/c1-10-5-3-4-6-11-12(8-7-10)13(11)9-14-2/h3,5,10-14H,4,6-9H2,1-2H3/b5-3-/t10?,11-,12+,13?/m0/s1. The Labute approximate surface area is 88.0 Å². The van der Waals surface area contributed by atoms with Gasteiger partial charge in [0.15, 0.2) is 0 Å². The van der Waals surface area contributed by atoms with Crippen molar-refractivity contribution in [3.05, 3.63) is 12.2 Å². The van der Waals surface area contributed by atoms with Crippen molar-refractivity contribution >= 4 is 0 Å². The van der Waals surface area contributed by atoms with Crippen molar-refractivity contribution < 1.29 is 0 Å². The largest absolute Gasteiger partial charge is 0.319 e. The molecule has 80 valence electrons. The van der Waals surface area contributed by atoms with Crippen molar-refractivity contribution in [3.8, 4) is 0 Å². The van der Waals surface area contributed by atoms with E-state index in [0.29, 0.717) is 0 Å². The van der Waals surface area contributed by atoms with Gasteiger partial charge in [0, 0.05) is 0 Å². The maximum atomic E-state index is 3.34. The van der Waals surface area contributed by atoms with Crippen LogP contribution in [0.3, 0.4) is 0 Å². The SMILES string of the molecule is CNCC1[C@H]2CC/C=C\C(C)CC[C@@H]12. The van der Waals surface area contributed by atoms with Crippen molar-refractivity contribution in [2.45, 2.75) is 32.6 Å². The van der Waals surface area contributed by atoms with E-state index in [1.54, 1.807) is 0 Å². The van der Waals surface area contributed by atoms with Crippen molar-refractivity contribution in [1.29, 1.82) is 0 Å². The molecule has 0 bridgehead atoms. The van der Waals surface area contributed by atoms with E-state index in [9.17, 15) is 0 Å². The third-order valence-corrected chi connectivity index (χ3v) is 4.04. The highest BCUT2D eigenvalue weighted by atomic mass is 14.8. The highest BCUT2D eigenvalue weighted by molar-refractivity contribution is 5.01. The first-order valence-corrected chi connectivity index (χ1v) is 6.14. The summed E-state index contributed by atoms with van der Waals surface area (Å²) in [5.74, 6) is 3.89. The van der Waals surface area contributed by atoms with Gasteiger partial charge in [0.25, 0.3) is 0 Å². The second kappa shape index (κ2) is 4.48. The van der Waals surface area contributed by atoms with Gasteiger partial charge in [0.2, 0.25) is 0 Å². The zero-order valence-corrected chi connectivity index (χ0v) is 9.50. The molecule has 1 N–H and O–H groups in total. The highest BCUT2D eigenvalue weighted by Gasteiger charge is 2.47. The molecule has 0 aliphatic heterocycles. The van der Waals surface area contributed by atoms with E-state index in [2.05, 4.69) is 31.4 Å². The lowest BCUT2D eigenvalue weighted by molar-refractivity contribution is 0.529. The van der Waals surface area contributed by atoms with Crippen molar-refractivity contribution in [3.63, 3.8) is 0 Å². The minimum Gasteiger partial charge on any atom is -0.319 e. The van der Waals surface area contributed by atoms with Gasteiger partial charge in [0.1, 0.15) is 0 Å². The Morgan fingerprint density at radius 3 is 2.79 bits per heavy atom. The second-order valence-corrected chi connectivity index (χ2v) is 5.11. The van der Waals surface area contributed by atoms with Gasteiger partial charge in [-0.2, -0.15) is 0 Å². The molecular weight excluding hydrogens is 170 g/mol. The molecule has 2 aliphatic carbocycles. The number of fused-ring (bicyclic) bond motifs is 1. The van der Waals surface area contributed by atoms with Crippen LogP contribution in [0.4, 0.5) is 0 Å². The molecule has 0 aromatic heterocycles. The molecule has 0 radical (unpaired) electrons. The summed E-state index contributed by atoms with van der Waals surface area (Å²) in [5, 5.41) is 3.34. The van der Waals surface area contributed by atoms with Crippen LogP contribution in [0.1, 0.15) is 32.6 Å². The molecule has 0 saturated heterocycles. The van der Waals surface area contributed by atoms with Crippen LogP contribution in [0.25, 0.3) is 0 Å². The van der Waals surface area contributed by atoms with Crippen LogP contribution in [-0.2, 0) is 0 Å². The van der Waals surface area contributed by atoms with Crippen LogP contribution in [-0.4, -0.2) is 13.6 Å². The molecule has 1 nitrogen and oxygen atoms in total. The summed E-state index contributed by atoms with van der Waals surface area (Å²) < 4.78 is 0. The lowest BCUT2D eigenvalue weighted by Crippen LogP contribution is -2.11. The third-order valence-electron chi connectivity index (χ3n) is 4.04. The van der Waals surface area contributed by atoms with Crippen molar-refractivity contribution in [2.75, 3.05) is 13.6 Å². The van der Waals surface area contributed by atoms with Gasteiger partial charge in [-0.3, -0.25) is 0 Å². The van der Waals surface area contributed by atoms with Gasteiger partial charge in [0.05, 0.1) is 0 Å². The summed E-state index contributed by atoms with van der Waals surface area (Å²) in [4.78, 5) is 0. The molecule has 0 heterocycles. The van der Waals surface area contributed by atoms with Gasteiger partial charge >= 0.3 is 0 Å². The zero-order valence-electron chi connectivity index (χ0n) is 9.50. The Morgan fingerprint density at radius 2 is 2.00 bits per heavy atom. The van der Waals surface area contributed by atoms with E-state index < -0.39 is 0 Å². The van der Waals surface area contributed by atoms with E-state index in [1.165, 1.54) is 32.2 Å². The fourth-order valence-electron chi connectivity index (χ4n) is 3.09. The van der Waals surface area contributed by atoms with E-state index in [1.807, 2.05) is 0 Å². The van der Waals surface area contributed by atoms with Crippen LogP contribution in [0, 0.1) is 23.7 Å². The predicted octanol–water partition coefficient (Wildman–Crippen LogP) is 2.83. The summed E-state index contributed by atoms with van der Waals surface area (Å²) in [5.41, 5.74) is 0. The molecule has 2 rings (SSSR count). The Bertz CT molecular complexity index is 209. The zero-order chi connectivity index (χ0) is 9.97. The van der Waals surface area contributed by atoms with Gasteiger partial charge < -0.3 is 5.32 Å². The molecule has 14 heavy (non-hydrogen) atoms. The van der Waals surface area contributed by atoms with Crippen molar-refractivity contribution in [2.24, 2.45) is 23.7 Å². The maximum Gasteiger partial charge on any atom is -0.00180 e. The van der Waals surface area contributed by atoms with Crippen LogP contribution in [0.15, 0.2) is 12.2 Å². The molecule has 4 atom stereocenters. The summed E-state index contributed by atoms with van der Waals surface area (Å²) in [7, 11) is 2.08. The molecule has 1 fully saturated rings. The predicted molar refractivity (Wildman–Crippen MR) is 61.2 cm³/mol. The number of hydrogen-bond acceptors (Lipinski definition) is 1. The van der Waals surface area contributed by atoms with E-state index in [4.69, 9.17) is 0 Å². The molecule has 0 amide bonds. The normalized spacial score (nSPS) is 44.4. The van der Waals surface area contributed by atoms with E-state index in [0.717, 1.165) is 23.7 Å². The van der Waals surface area contributed by atoms with Gasteiger partial charge in [-0.15, -0.1) is 0 Å². The molecular formula is C13H23N. The Morgan fingerprint density at radius 1 is 1.21 bits per heavy atom. The number of hydrogen-bond donors (Lipinski definition) is 1. The molecule has 0 spiro atoms. The first kappa shape index (κ1) is 10.2. The maximum absolute atomic E-state index is 3.34.